The number of carbonyl (C=O) groups excluding carboxylic acids is 2. The monoisotopic (exact) mass is 328 g/mol. The van der Waals surface area contributed by atoms with Gasteiger partial charge in [-0.15, -0.1) is 0 Å². The van der Waals surface area contributed by atoms with Gasteiger partial charge >= 0.3 is 5.97 Å². The fourth-order valence-corrected chi connectivity index (χ4v) is 2.55. The number of carbonyl (C=O) groups is 2. The molecule has 0 bridgehead atoms. The van der Waals surface area contributed by atoms with Gasteiger partial charge in [-0.25, -0.2) is 4.79 Å². The summed E-state index contributed by atoms with van der Waals surface area (Å²) in [6, 6.07) is 9.28. The molecule has 1 aromatic heterocycles. The molecule has 0 radical (unpaired) electrons. The Labute approximate surface area is 142 Å². The largest absolute Gasteiger partial charge is 0.452 e. The summed E-state index contributed by atoms with van der Waals surface area (Å²) in [6.07, 6.45) is 5.73. The summed E-state index contributed by atoms with van der Waals surface area (Å²) in [5.41, 5.74) is 2.39. The summed E-state index contributed by atoms with van der Waals surface area (Å²) in [6.45, 7) is 5.71. The Balaban J connectivity index is 1.98. The number of benzene rings is 1. The number of aryl methyl sites for hydroxylation is 1. The van der Waals surface area contributed by atoms with E-state index in [0.29, 0.717) is 5.56 Å². The summed E-state index contributed by atoms with van der Waals surface area (Å²) in [4.78, 5) is 24.0. The van der Waals surface area contributed by atoms with Gasteiger partial charge in [0.2, 0.25) is 0 Å². The highest BCUT2D eigenvalue weighted by Crippen LogP contribution is 2.17. The van der Waals surface area contributed by atoms with Gasteiger partial charge in [-0.05, 0) is 50.1 Å². The highest BCUT2D eigenvalue weighted by atomic mass is 16.5. The molecule has 2 aromatic rings. The number of rotatable bonds is 7. The van der Waals surface area contributed by atoms with E-state index >= 15 is 0 Å². The zero-order valence-electron chi connectivity index (χ0n) is 14.4. The van der Waals surface area contributed by atoms with Crippen molar-refractivity contribution >= 4 is 11.9 Å². The third kappa shape index (κ3) is 4.72. The molecule has 1 N–H and O–H groups in total. The molecule has 5 heteroatoms. The summed E-state index contributed by atoms with van der Waals surface area (Å²) < 4.78 is 7.06. The smallest absolute Gasteiger partial charge is 0.338 e. The lowest BCUT2D eigenvalue weighted by molar-refractivity contribution is -0.124. The molecule has 1 atom stereocenters. The number of esters is 1. The molecular formula is C19H24N2O3. The Kier molecular flexibility index (Phi) is 6.18. The van der Waals surface area contributed by atoms with Crippen LogP contribution in [0, 0.1) is 6.92 Å². The Morgan fingerprint density at radius 2 is 1.96 bits per heavy atom. The fourth-order valence-electron chi connectivity index (χ4n) is 2.55. The van der Waals surface area contributed by atoms with Crippen molar-refractivity contribution in [1.82, 2.24) is 9.88 Å². The van der Waals surface area contributed by atoms with E-state index in [1.165, 1.54) is 0 Å². The first-order chi connectivity index (χ1) is 11.5. The van der Waals surface area contributed by atoms with E-state index in [2.05, 4.69) is 12.2 Å². The minimum atomic E-state index is -0.498. The third-order valence-corrected chi connectivity index (χ3v) is 3.79. The number of hydrogen-bond acceptors (Lipinski definition) is 3. The van der Waals surface area contributed by atoms with Crippen molar-refractivity contribution in [3.05, 3.63) is 53.9 Å². The maximum atomic E-state index is 12.2. The van der Waals surface area contributed by atoms with Crippen molar-refractivity contribution in [3.8, 4) is 5.69 Å². The van der Waals surface area contributed by atoms with Gasteiger partial charge in [-0.1, -0.05) is 19.4 Å². The number of nitrogens with zero attached hydrogens (tertiary/aromatic N) is 1. The van der Waals surface area contributed by atoms with Crippen molar-refractivity contribution in [2.24, 2.45) is 0 Å². The van der Waals surface area contributed by atoms with Crippen LogP contribution >= 0.6 is 0 Å². The molecule has 0 aliphatic rings. The van der Waals surface area contributed by atoms with Crippen LogP contribution in [0.4, 0.5) is 0 Å². The van der Waals surface area contributed by atoms with E-state index in [1.54, 1.807) is 12.1 Å². The molecular weight excluding hydrogens is 304 g/mol. The number of ether oxygens (including phenoxy) is 1. The summed E-state index contributed by atoms with van der Waals surface area (Å²) in [7, 11) is 0. The first-order valence-corrected chi connectivity index (χ1v) is 8.21. The molecule has 1 amide bonds. The van der Waals surface area contributed by atoms with Gasteiger partial charge < -0.3 is 14.6 Å². The molecule has 1 unspecified atom stereocenters. The fraction of sp³-hybridized carbons (Fsp3) is 0.368. The molecule has 5 nitrogen and oxygen atoms in total. The zero-order valence-corrected chi connectivity index (χ0v) is 14.4. The van der Waals surface area contributed by atoms with E-state index < -0.39 is 5.97 Å². The lowest BCUT2D eigenvalue weighted by Gasteiger charge is -2.13. The Morgan fingerprint density at radius 3 is 2.62 bits per heavy atom. The standard InChI is InChI=1S/C19H24N2O3/c1-4-7-15(3)20-18(22)13-24-19(23)16-9-8-14(2)17(12-16)21-10-5-6-11-21/h5-6,8-12,15H,4,7,13H2,1-3H3,(H,20,22). The van der Waals surface area contributed by atoms with Crippen LogP contribution in [-0.4, -0.2) is 29.1 Å². The van der Waals surface area contributed by atoms with E-state index in [-0.39, 0.29) is 18.6 Å². The van der Waals surface area contributed by atoms with E-state index in [4.69, 9.17) is 4.74 Å². The van der Waals surface area contributed by atoms with Gasteiger partial charge in [0.05, 0.1) is 5.56 Å². The normalized spacial score (nSPS) is 11.8. The topological polar surface area (TPSA) is 60.3 Å². The van der Waals surface area contributed by atoms with Crippen LogP contribution < -0.4 is 5.32 Å². The van der Waals surface area contributed by atoms with Gasteiger partial charge in [0.1, 0.15) is 0 Å². The van der Waals surface area contributed by atoms with Gasteiger partial charge in [-0.2, -0.15) is 0 Å². The predicted octanol–water partition coefficient (Wildman–Crippen LogP) is 3.25. The number of aromatic nitrogens is 1. The lowest BCUT2D eigenvalue weighted by Crippen LogP contribution is -2.35. The number of hydrogen-bond donors (Lipinski definition) is 1. The molecule has 0 saturated carbocycles. The molecule has 0 fully saturated rings. The Bertz CT molecular complexity index is 693. The average Bonchev–Trinajstić information content (AvgIpc) is 3.07. The Morgan fingerprint density at radius 1 is 1.25 bits per heavy atom. The molecule has 0 aliphatic heterocycles. The lowest BCUT2D eigenvalue weighted by atomic mass is 10.1. The minimum Gasteiger partial charge on any atom is -0.452 e. The highest BCUT2D eigenvalue weighted by molar-refractivity contribution is 5.92. The van der Waals surface area contributed by atoms with Crippen LogP contribution in [0.15, 0.2) is 42.7 Å². The van der Waals surface area contributed by atoms with Gasteiger partial charge in [0.25, 0.3) is 5.91 Å². The first-order valence-electron chi connectivity index (χ1n) is 8.21. The van der Waals surface area contributed by atoms with Crippen LogP contribution in [0.2, 0.25) is 0 Å². The van der Waals surface area contributed by atoms with Crippen molar-refractivity contribution < 1.29 is 14.3 Å². The maximum Gasteiger partial charge on any atom is 0.338 e. The summed E-state index contributed by atoms with van der Waals surface area (Å²) in [5.74, 6) is -0.774. The number of amides is 1. The SMILES string of the molecule is CCCC(C)NC(=O)COC(=O)c1ccc(C)c(-n2cccc2)c1. The second kappa shape index (κ2) is 8.34. The minimum absolute atomic E-state index is 0.0842. The second-order valence-corrected chi connectivity index (χ2v) is 5.92. The van der Waals surface area contributed by atoms with E-state index in [9.17, 15) is 9.59 Å². The molecule has 24 heavy (non-hydrogen) atoms. The van der Waals surface area contributed by atoms with Crippen LogP contribution in [0.1, 0.15) is 42.6 Å². The van der Waals surface area contributed by atoms with Crippen LogP contribution in [-0.2, 0) is 9.53 Å². The van der Waals surface area contributed by atoms with Gasteiger partial charge in [0, 0.05) is 24.1 Å². The molecule has 1 heterocycles. The molecule has 128 valence electrons. The maximum absolute atomic E-state index is 12.2. The zero-order chi connectivity index (χ0) is 17.5. The number of nitrogens with one attached hydrogen (secondary N) is 1. The van der Waals surface area contributed by atoms with Gasteiger partial charge in [0.15, 0.2) is 6.61 Å². The van der Waals surface area contributed by atoms with Crippen LogP contribution in [0.3, 0.4) is 0 Å². The van der Waals surface area contributed by atoms with Crippen LogP contribution in [0.25, 0.3) is 5.69 Å². The van der Waals surface area contributed by atoms with Crippen molar-refractivity contribution in [2.75, 3.05) is 6.61 Å². The molecule has 0 aliphatic carbocycles. The van der Waals surface area contributed by atoms with E-state index in [1.807, 2.05) is 49.0 Å². The highest BCUT2D eigenvalue weighted by Gasteiger charge is 2.13. The molecule has 0 spiro atoms. The predicted molar refractivity (Wildman–Crippen MR) is 93.3 cm³/mol. The second-order valence-electron chi connectivity index (χ2n) is 5.92. The van der Waals surface area contributed by atoms with Crippen molar-refractivity contribution in [3.63, 3.8) is 0 Å². The molecule has 1 aromatic carbocycles. The third-order valence-electron chi connectivity index (χ3n) is 3.79. The molecule has 0 saturated heterocycles. The Hall–Kier alpha value is -2.56. The van der Waals surface area contributed by atoms with Gasteiger partial charge in [-0.3, -0.25) is 4.79 Å². The van der Waals surface area contributed by atoms with Crippen molar-refractivity contribution in [2.45, 2.75) is 39.7 Å². The summed E-state index contributed by atoms with van der Waals surface area (Å²) >= 11 is 0. The molecule has 2 rings (SSSR count). The first kappa shape index (κ1) is 17.8. The van der Waals surface area contributed by atoms with Crippen molar-refractivity contribution in [1.29, 1.82) is 0 Å². The quantitative estimate of drug-likeness (QED) is 0.794. The summed E-state index contributed by atoms with van der Waals surface area (Å²) in [5, 5.41) is 2.81. The van der Waals surface area contributed by atoms with E-state index in [0.717, 1.165) is 24.1 Å². The van der Waals surface area contributed by atoms with Crippen LogP contribution in [0.5, 0.6) is 0 Å². The average molecular weight is 328 g/mol.